The molecule has 9 heteroatoms. The number of alkyl halides is 2. The third-order valence-corrected chi connectivity index (χ3v) is 4.55. The van der Waals surface area contributed by atoms with Gasteiger partial charge in [-0.1, -0.05) is 26.0 Å². The van der Waals surface area contributed by atoms with Crippen LogP contribution in [0.2, 0.25) is 0 Å². The van der Waals surface area contributed by atoms with Crippen molar-refractivity contribution >= 4 is 5.91 Å². The molecule has 0 fully saturated rings. The topological polar surface area (TPSA) is 96.8 Å². The molecule has 3 aromatic rings. The van der Waals surface area contributed by atoms with Crippen LogP contribution in [0.5, 0.6) is 17.2 Å². The van der Waals surface area contributed by atoms with E-state index in [4.69, 9.17) is 19.6 Å². The average molecular weight is 460 g/mol. The molecule has 1 amide bonds. The van der Waals surface area contributed by atoms with E-state index in [0.29, 0.717) is 42.2 Å². The van der Waals surface area contributed by atoms with Crippen molar-refractivity contribution in [2.75, 3.05) is 13.2 Å². The van der Waals surface area contributed by atoms with Crippen LogP contribution in [0.4, 0.5) is 8.78 Å². The van der Waals surface area contributed by atoms with Gasteiger partial charge in [-0.05, 0) is 37.1 Å². The monoisotopic (exact) mass is 460 g/mol. The summed E-state index contributed by atoms with van der Waals surface area (Å²) in [5, 5.41) is 0. The van der Waals surface area contributed by atoms with Crippen molar-refractivity contribution in [2.24, 2.45) is 11.7 Å². The van der Waals surface area contributed by atoms with E-state index in [0.717, 1.165) is 5.56 Å². The van der Waals surface area contributed by atoms with Crippen molar-refractivity contribution in [3.63, 3.8) is 0 Å². The standard InChI is InChI=1S/C24H26F2N2O5/c1-4-30-21-15(6-5-7-18(21)22(27)29)10-17-13-32-23(28-17)16-8-9-19(33-24(25)26)20(11-16)31-12-14(2)3/h5-9,11,13-14,24H,4,10,12H2,1-3H3,(H2,27,29). The summed E-state index contributed by atoms with van der Waals surface area (Å²) in [5.74, 6) is 0.417. The predicted octanol–water partition coefficient (Wildman–Crippen LogP) is 5.07. The van der Waals surface area contributed by atoms with E-state index in [1.165, 1.54) is 12.3 Å². The van der Waals surface area contributed by atoms with Gasteiger partial charge in [0, 0.05) is 17.5 Å². The maximum absolute atomic E-state index is 12.8. The van der Waals surface area contributed by atoms with E-state index >= 15 is 0 Å². The van der Waals surface area contributed by atoms with Gasteiger partial charge in [0.2, 0.25) is 5.89 Å². The smallest absolute Gasteiger partial charge is 0.387 e. The number of para-hydroxylation sites is 1. The number of rotatable bonds is 11. The second-order valence-corrected chi connectivity index (χ2v) is 7.66. The number of hydrogen-bond donors (Lipinski definition) is 1. The molecule has 0 aliphatic rings. The summed E-state index contributed by atoms with van der Waals surface area (Å²) in [6.07, 6.45) is 1.82. The lowest BCUT2D eigenvalue weighted by atomic mass is 10.0. The van der Waals surface area contributed by atoms with Gasteiger partial charge in [0.15, 0.2) is 11.5 Å². The van der Waals surface area contributed by atoms with Crippen LogP contribution in [-0.4, -0.2) is 30.7 Å². The van der Waals surface area contributed by atoms with Gasteiger partial charge in [0.1, 0.15) is 12.0 Å². The van der Waals surface area contributed by atoms with Crippen LogP contribution in [-0.2, 0) is 6.42 Å². The lowest BCUT2D eigenvalue weighted by Crippen LogP contribution is -2.14. The summed E-state index contributed by atoms with van der Waals surface area (Å²) in [7, 11) is 0. The average Bonchev–Trinajstić information content (AvgIpc) is 3.22. The number of oxazole rings is 1. The van der Waals surface area contributed by atoms with E-state index in [1.807, 2.05) is 26.8 Å². The number of primary amides is 1. The van der Waals surface area contributed by atoms with Gasteiger partial charge in [-0.3, -0.25) is 4.79 Å². The van der Waals surface area contributed by atoms with Crippen LogP contribution in [0.15, 0.2) is 47.1 Å². The summed E-state index contributed by atoms with van der Waals surface area (Å²) >= 11 is 0. The Kier molecular flexibility index (Phi) is 7.87. The highest BCUT2D eigenvalue weighted by molar-refractivity contribution is 5.96. The van der Waals surface area contributed by atoms with Crippen LogP contribution >= 0.6 is 0 Å². The normalized spacial score (nSPS) is 11.1. The molecular formula is C24H26F2N2O5. The molecule has 0 spiro atoms. The lowest BCUT2D eigenvalue weighted by Gasteiger charge is -2.14. The summed E-state index contributed by atoms with van der Waals surface area (Å²) in [6.45, 7) is 3.43. The largest absolute Gasteiger partial charge is 0.493 e. The number of nitrogens with two attached hydrogens (primary N) is 1. The van der Waals surface area contributed by atoms with E-state index < -0.39 is 12.5 Å². The van der Waals surface area contributed by atoms with Crippen molar-refractivity contribution in [3.8, 4) is 28.7 Å². The highest BCUT2D eigenvalue weighted by Crippen LogP contribution is 2.34. The molecule has 3 rings (SSSR count). The minimum Gasteiger partial charge on any atom is -0.493 e. The van der Waals surface area contributed by atoms with Crippen molar-refractivity contribution in [2.45, 2.75) is 33.8 Å². The number of carbonyl (C=O) groups excluding carboxylic acids is 1. The minimum absolute atomic E-state index is 0.0641. The molecule has 0 saturated carbocycles. The number of nitrogens with zero attached hydrogens (tertiary/aromatic N) is 1. The highest BCUT2D eigenvalue weighted by atomic mass is 19.3. The SMILES string of the molecule is CCOc1c(Cc2coc(-c3ccc(OC(F)F)c(OCC(C)C)c3)n2)cccc1C(N)=O. The maximum Gasteiger partial charge on any atom is 0.387 e. The van der Waals surface area contributed by atoms with Gasteiger partial charge in [-0.25, -0.2) is 4.98 Å². The van der Waals surface area contributed by atoms with Gasteiger partial charge in [-0.15, -0.1) is 0 Å². The lowest BCUT2D eigenvalue weighted by molar-refractivity contribution is -0.0515. The Bertz CT molecular complexity index is 1100. The van der Waals surface area contributed by atoms with Gasteiger partial charge in [0.05, 0.1) is 24.5 Å². The molecule has 7 nitrogen and oxygen atoms in total. The number of hydrogen-bond acceptors (Lipinski definition) is 6. The molecule has 2 aromatic carbocycles. The Morgan fingerprint density at radius 1 is 1.15 bits per heavy atom. The van der Waals surface area contributed by atoms with E-state index in [-0.39, 0.29) is 23.3 Å². The number of benzene rings is 2. The molecule has 0 saturated heterocycles. The molecule has 0 aliphatic heterocycles. The second-order valence-electron chi connectivity index (χ2n) is 7.66. The first-order chi connectivity index (χ1) is 15.8. The van der Waals surface area contributed by atoms with Gasteiger partial charge in [-0.2, -0.15) is 8.78 Å². The second kappa shape index (κ2) is 10.8. The number of amides is 1. The Labute approximate surface area is 190 Å². The Morgan fingerprint density at radius 2 is 1.94 bits per heavy atom. The Balaban J connectivity index is 1.88. The summed E-state index contributed by atoms with van der Waals surface area (Å²) in [6, 6.07) is 9.65. The van der Waals surface area contributed by atoms with E-state index in [2.05, 4.69) is 9.72 Å². The van der Waals surface area contributed by atoms with E-state index in [9.17, 15) is 13.6 Å². The molecule has 0 unspecified atom stereocenters. The van der Waals surface area contributed by atoms with Gasteiger partial charge >= 0.3 is 6.61 Å². The van der Waals surface area contributed by atoms with Crippen LogP contribution in [0.25, 0.3) is 11.5 Å². The molecule has 0 aliphatic carbocycles. The molecule has 0 atom stereocenters. The quantitative estimate of drug-likeness (QED) is 0.429. The van der Waals surface area contributed by atoms with Crippen LogP contribution in [0.1, 0.15) is 42.4 Å². The zero-order valence-electron chi connectivity index (χ0n) is 18.6. The molecule has 33 heavy (non-hydrogen) atoms. The zero-order chi connectivity index (χ0) is 24.0. The summed E-state index contributed by atoms with van der Waals surface area (Å²) in [5.41, 5.74) is 7.61. The number of aromatic nitrogens is 1. The minimum atomic E-state index is -2.97. The molecule has 176 valence electrons. The maximum atomic E-state index is 12.8. The zero-order valence-corrected chi connectivity index (χ0v) is 18.6. The van der Waals surface area contributed by atoms with Gasteiger partial charge in [0.25, 0.3) is 5.91 Å². The molecule has 1 heterocycles. The van der Waals surface area contributed by atoms with E-state index in [1.54, 1.807) is 24.3 Å². The fourth-order valence-electron chi connectivity index (χ4n) is 3.15. The van der Waals surface area contributed by atoms with Crippen molar-refractivity contribution in [1.29, 1.82) is 0 Å². The molecule has 1 aromatic heterocycles. The van der Waals surface area contributed by atoms with Crippen molar-refractivity contribution in [1.82, 2.24) is 4.98 Å². The Morgan fingerprint density at radius 3 is 2.61 bits per heavy atom. The molecule has 2 N–H and O–H groups in total. The third kappa shape index (κ3) is 6.21. The first-order valence-corrected chi connectivity index (χ1v) is 10.5. The summed E-state index contributed by atoms with van der Waals surface area (Å²) in [4.78, 5) is 16.2. The number of carbonyl (C=O) groups is 1. The van der Waals surface area contributed by atoms with Crippen LogP contribution in [0, 0.1) is 5.92 Å². The first-order valence-electron chi connectivity index (χ1n) is 10.5. The predicted molar refractivity (Wildman–Crippen MR) is 118 cm³/mol. The van der Waals surface area contributed by atoms with Crippen LogP contribution < -0.4 is 19.9 Å². The fraction of sp³-hybridized carbons (Fsp3) is 0.333. The molecule has 0 radical (unpaired) electrons. The highest BCUT2D eigenvalue weighted by Gasteiger charge is 2.18. The Hall–Kier alpha value is -3.62. The van der Waals surface area contributed by atoms with Crippen molar-refractivity contribution in [3.05, 3.63) is 59.5 Å². The molecular weight excluding hydrogens is 434 g/mol. The van der Waals surface area contributed by atoms with Crippen LogP contribution in [0.3, 0.4) is 0 Å². The van der Waals surface area contributed by atoms with Crippen molar-refractivity contribution < 1.29 is 32.2 Å². The first kappa shape index (κ1) is 24.0. The summed E-state index contributed by atoms with van der Waals surface area (Å²) < 4.78 is 47.0. The number of ether oxygens (including phenoxy) is 3. The number of halogens is 2. The molecule has 0 bridgehead atoms. The van der Waals surface area contributed by atoms with Gasteiger partial charge < -0.3 is 24.4 Å². The fourth-order valence-corrected chi connectivity index (χ4v) is 3.15. The third-order valence-electron chi connectivity index (χ3n) is 4.55.